The van der Waals surface area contributed by atoms with E-state index in [2.05, 4.69) is 5.32 Å². The second-order valence-electron chi connectivity index (χ2n) is 7.98. The zero-order valence-corrected chi connectivity index (χ0v) is 14.1. The van der Waals surface area contributed by atoms with Crippen molar-refractivity contribution in [2.75, 3.05) is 19.7 Å². The van der Waals surface area contributed by atoms with Gasteiger partial charge in [-0.2, -0.15) is 0 Å². The van der Waals surface area contributed by atoms with E-state index < -0.39 is 5.60 Å². The monoisotopic (exact) mass is 310 g/mol. The predicted molar refractivity (Wildman–Crippen MR) is 84.8 cm³/mol. The molecule has 0 bridgehead atoms. The van der Waals surface area contributed by atoms with Gasteiger partial charge in [0, 0.05) is 37.7 Å². The Hall–Kier alpha value is -0.810. The largest absolute Gasteiger partial charge is 0.444 e. The first kappa shape index (κ1) is 16.1. The molecular formula is C17H30N2O3. The number of nitrogens with zero attached hydrogens (tertiary/aromatic N) is 1. The lowest BCUT2D eigenvalue weighted by Gasteiger charge is -2.35. The summed E-state index contributed by atoms with van der Waals surface area (Å²) in [4.78, 5) is 14.0. The summed E-state index contributed by atoms with van der Waals surface area (Å²) in [6.07, 6.45) is 6.21. The lowest BCUT2D eigenvalue weighted by Crippen LogP contribution is -2.48. The van der Waals surface area contributed by atoms with Gasteiger partial charge in [0.1, 0.15) is 5.60 Å². The van der Waals surface area contributed by atoms with Crippen LogP contribution in [0.3, 0.4) is 0 Å². The fraction of sp³-hybridized carbons (Fsp3) is 0.941. The van der Waals surface area contributed by atoms with Gasteiger partial charge in [0.05, 0.1) is 6.10 Å². The van der Waals surface area contributed by atoms with E-state index in [1.807, 2.05) is 25.7 Å². The van der Waals surface area contributed by atoms with Gasteiger partial charge in [0.2, 0.25) is 0 Å². The van der Waals surface area contributed by atoms with E-state index in [1.54, 1.807) is 0 Å². The van der Waals surface area contributed by atoms with E-state index >= 15 is 0 Å². The van der Waals surface area contributed by atoms with Gasteiger partial charge in [-0.1, -0.05) is 0 Å². The van der Waals surface area contributed by atoms with Crippen LogP contribution >= 0.6 is 0 Å². The van der Waals surface area contributed by atoms with E-state index in [1.165, 1.54) is 25.7 Å². The van der Waals surface area contributed by atoms with Gasteiger partial charge in [-0.05, 0) is 52.9 Å². The summed E-state index contributed by atoms with van der Waals surface area (Å²) in [7, 11) is 0. The summed E-state index contributed by atoms with van der Waals surface area (Å²) in [5.74, 6) is 0.671. The van der Waals surface area contributed by atoms with Gasteiger partial charge >= 0.3 is 6.09 Å². The Morgan fingerprint density at radius 1 is 1.23 bits per heavy atom. The highest BCUT2D eigenvalue weighted by atomic mass is 16.6. The highest BCUT2D eigenvalue weighted by molar-refractivity contribution is 5.68. The van der Waals surface area contributed by atoms with Crippen molar-refractivity contribution in [1.29, 1.82) is 0 Å². The molecule has 22 heavy (non-hydrogen) atoms. The Balaban J connectivity index is 1.49. The Morgan fingerprint density at radius 3 is 2.82 bits per heavy atom. The molecule has 0 spiro atoms. The zero-order chi connectivity index (χ0) is 15.7. The average Bonchev–Trinajstić information content (AvgIpc) is 3.05. The Kier molecular flexibility index (Phi) is 4.64. The van der Waals surface area contributed by atoms with E-state index in [9.17, 15) is 4.79 Å². The smallest absolute Gasteiger partial charge is 0.410 e. The fourth-order valence-corrected chi connectivity index (χ4v) is 4.07. The normalized spacial score (nSPS) is 35.5. The standard InChI is InChI=1S/C17H30N2O3/c1-17(2,3)22-16(20)19-9-7-12(11-19)18-14-5-4-6-15-13(14)8-10-21-15/h12-15,18H,4-11H2,1-3H3/t12-,13-,14+,15-/m0/s1. The molecule has 3 rings (SSSR count). The molecule has 1 aliphatic carbocycles. The molecule has 5 nitrogen and oxygen atoms in total. The van der Waals surface area contributed by atoms with Gasteiger partial charge in [0.15, 0.2) is 0 Å². The van der Waals surface area contributed by atoms with Crippen molar-refractivity contribution in [3.63, 3.8) is 0 Å². The first-order valence-corrected chi connectivity index (χ1v) is 8.78. The van der Waals surface area contributed by atoms with E-state index in [0.717, 1.165) is 26.1 Å². The number of likely N-dealkylation sites (tertiary alicyclic amines) is 1. The van der Waals surface area contributed by atoms with Crippen LogP contribution in [0, 0.1) is 5.92 Å². The SMILES string of the molecule is CC(C)(C)OC(=O)N1CC[C@H](N[C@@H]2CCC[C@@H]3OCC[C@H]32)C1. The molecular weight excluding hydrogens is 280 g/mol. The summed E-state index contributed by atoms with van der Waals surface area (Å²) in [5, 5.41) is 3.81. The minimum Gasteiger partial charge on any atom is -0.444 e. The Labute approximate surface area is 133 Å². The Morgan fingerprint density at radius 2 is 2.05 bits per heavy atom. The minimum atomic E-state index is -0.416. The van der Waals surface area contributed by atoms with Crippen LogP contribution in [0.4, 0.5) is 4.79 Å². The average molecular weight is 310 g/mol. The number of carbonyl (C=O) groups excluding carboxylic acids is 1. The number of fused-ring (bicyclic) bond motifs is 1. The third kappa shape index (κ3) is 3.74. The topological polar surface area (TPSA) is 50.8 Å². The van der Waals surface area contributed by atoms with Crippen LogP contribution in [0.15, 0.2) is 0 Å². The maximum Gasteiger partial charge on any atom is 0.410 e. The predicted octanol–water partition coefficient (Wildman–Crippen LogP) is 2.54. The molecule has 2 heterocycles. The molecule has 3 aliphatic rings. The van der Waals surface area contributed by atoms with Crippen molar-refractivity contribution in [2.24, 2.45) is 5.92 Å². The minimum absolute atomic E-state index is 0.178. The lowest BCUT2D eigenvalue weighted by molar-refractivity contribution is 0.0284. The van der Waals surface area contributed by atoms with Crippen molar-refractivity contribution in [3.8, 4) is 0 Å². The summed E-state index contributed by atoms with van der Waals surface area (Å²) >= 11 is 0. The molecule has 0 aromatic carbocycles. The first-order chi connectivity index (χ1) is 10.4. The summed E-state index contributed by atoms with van der Waals surface area (Å²) < 4.78 is 11.3. The van der Waals surface area contributed by atoms with Crippen LogP contribution in [0.2, 0.25) is 0 Å². The van der Waals surface area contributed by atoms with Gasteiger partial charge in [-0.3, -0.25) is 0 Å². The molecule has 0 aromatic rings. The summed E-state index contributed by atoms with van der Waals surface area (Å²) in [5.41, 5.74) is -0.416. The molecule has 0 aromatic heterocycles. The number of carbonyl (C=O) groups is 1. The molecule has 3 fully saturated rings. The van der Waals surface area contributed by atoms with Gasteiger partial charge < -0.3 is 19.7 Å². The first-order valence-electron chi connectivity index (χ1n) is 8.78. The number of nitrogens with one attached hydrogen (secondary N) is 1. The van der Waals surface area contributed by atoms with Crippen LogP contribution in [-0.2, 0) is 9.47 Å². The van der Waals surface area contributed by atoms with Gasteiger partial charge in [-0.25, -0.2) is 4.79 Å². The van der Waals surface area contributed by atoms with E-state index in [4.69, 9.17) is 9.47 Å². The second kappa shape index (κ2) is 6.36. The van der Waals surface area contributed by atoms with Gasteiger partial charge in [0.25, 0.3) is 0 Å². The maximum atomic E-state index is 12.1. The van der Waals surface area contributed by atoms with Crippen LogP contribution in [-0.4, -0.2) is 54.5 Å². The van der Waals surface area contributed by atoms with Crippen molar-refractivity contribution in [1.82, 2.24) is 10.2 Å². The molecule has 2 saturated heterocycles. The molecule has 1 saturated carbocycles. The van der Waals surface area contributed by atoms with Crippen LogP contribution < -0.4 is 5.32 Å². The summed E-state index contributed by atoms with van der Waals surface area (Å²) in [6, 6.07) is 0.960. The Bertz CT molecular complexity index is 407. The number of rotatable bonds is 2. The molecule has 5 heteroatoms. The highest BCUT2D eigenvalue weighted by Crippen LogP contribution is 2.35. The van der Waals surface area contributed by atoms with Crippen molar-refractivity contribution in [2.45, 2.75) is 76.7 Å². The molecule has 126 valence electrons. The fourth-order valence-electron chi connectivity index (χ4n) is 4.07. The zero-order valence-electron chi connectivity index (χ0n) is 14.1. The van der Waals surface area contributed by atoms with Crippen LogP contribution in [0.25, 0.3) is 0 Å². The molecule has 1 N–H and O–H groups in total. The van der Waals surface area contributed by atoms with Crippen LogP contribution in [0.1, 0.15) is 52.9 Å². The van der Waals surface area contributed by atoms with E-state index in [-0.39, 0.29) is 6.09 Å². The highest BCUT2D eigenvalue weighted by Gasteiger charge is 2.39. The molecule has 4 atom stereocenters. The molecule has 2 aliphatic heterocycles. The number of hydrogen-bond donors (Lipinski definition) is 1. The second-order valence-corrected chi connectivity index (χ2v) is 7.98. The third-order valence-electron chi connectivity index (χ3n) is 5.07. The van der Waals surface area contributed by atoms with E-state index in [0.29, 0.717) is 24.1 Å². The van der Waals surface area contributed by atoms with Crippen molar-refractivity contribution >= 4 is 6.09 Å². The molecule has 0 radical (unpaired) electrons. The number of ether oxygens (including phenoxy) is 2. The van der Waals surface area contributed by atoms with Crippen molar-refractivity contribution < 1.29 is 14.3 Å². The molecule has 1 amide bonds. The van der Waals surface area contributed by atoms with Crippen LogP contribution in [0.5, 0.6) is 0 Å². The number of hydrogen-bond acceptors (Lipinski definition) is 4. The summed E-state index contributed by atoms with van der Waals surface area (Å²) in [6.45, 7) is 8.23. The van der Waals surface area contributed by atoms with Crippen molar-refractivity contribution in [3.05, 3.63) is 0 Å². The lowest BCUT2D eigenvalue weighted by atomic mass is 9.81. The van der Waals surface area contributed by atoms with Gasteiger partial charge in [-0.15, -0.1) is 0 Å². The maximum absolute atomic E-state index is 12.1. The third-order valence-corrected chi connectivity index (χ3v) is 5.07. The molecule has 0 unspecified atom stereocenters. The quantitative estimate of drug-likeness (QED) is 0.851. The number of amides is 1.